The number of likely N-dealkylation sites (tertiary alicyclic amines) is 1. The first-order valence-corrected chi connectivity index (χ1v) is 7.06. The molecule has 0 unspecified atom stereocenters. The maximum absolute atomic E-state index is 3.24. The lowest BCUT2D eigenvalue weighted by atomic mass is 9.96. The van der Waals surface area contributed by atoms with E-state index in [1.54, 1.807) is 0 Å². The lowest BCUT2D eigenvalue weighted by Crippen LogP contribution is -2.50. The van der Waals surface area contributed by atoms with Gasteiger partial charge in [-0.1, -0.05) is 0 Å². The maximum atomic E-state index is 3.24. The highest BCUT2D eigenvalue weighted by Gasteiger charge is 2.22. The summed E-state index contributed by atoms with van der Waals surface area (Å²) in [6.45, 7) is 9.95. The van der Waals surface area contributed by atoms with Crippen LogP contribution in [0.2, 0.25) is 0 Å². The number of nitrogens with one attached hydrogen (secondary N) is 1. The normalized spacial score (nSPS) is 26.5. The molecule has 2 aliphatic heterocycles. The van der Waals surface area contributed by atoms with Gasteiger partial charge in [-0.05, 0) is 45.9 Å². The molecule has 17 heavy (non-hydrogen) atoms. The SMILES string of the molecule is CNCN1CCN(CC2CCN(C)CC2)CC1. The van der Waals surface area contributed by atoms with Gasteiger partial charge in [-0.15, -0.1) is 0 Å². The fraction of sp³-hybridized carbons (Fsp3) is 1.00. The summed E-state index contributed by atoms with van der Waals surface area (Å²) >= 11 is 0. The molecule has 4 heteroatoms. The van der Waals surface area contributed by atoms with Gasteiger partial charge in [0, 0.05) is 39.4 Å². The van der Waals surface area contributed by atoms with Gasteiger partial charge in [-0.3, -0.25) is 4.90 Å². The molecule has 0 amide bonds. The molecule has 0 aromatic rings. The zero-order valence-electron chi connectivity index (χ0n) is 11.5. The highest BCUT2D eigenvalue weighted by molar-refractivity contribution is 4.77. The van der Waals surface area contributed by atoms with Gasteiger partial charge in [0.15, 0.2) is 0 Å². The Labute approximate surface area is 106 Å². The van der Waals surface area contributed by atoms with Crippen LogP contribution in [0.4, 0.5) is 0 Å². The van der Waals surface area contributed by atoms with E-state index >= 15 is 0 Å². The predicted octanol–water partition coefficient (Wildman–Crippen LogP) is 0.123. The summed E-state index contributed by atoms with van der Waals surface area (Å²) in [5.74, 6) is 0.946. The third kappa shape index (κ3) is 4.21. The zero-order chi connectivity index (χ0) is 12.1. The molecule has 0 atom stereocenters. The van der Waals surface area contributed by atoms with Crippen molar-refractivity contribution in [3.63, 3.8) is 0 Å². The number of rotatable bonds is 4. The molecule has 0 radical (unpaired) electrons. The van der Waals surface area contributed by atoms with Crippen LogP contribution in [0, 0.1) is 5.92 Å². The summed E-state index contributed by atoms with van der Waals surface area (Å²) in [7, 11) is 4.28. The molecule has 2 saturated heterocycles. The first-order chi connectivity index (χ1) is 8.28. The van der Waals surface area contributed by atoms with Crippen LogP contribution in [0.5, 0.6) is 0 Å². The van der Waals surface area contributed by atoms with Gasteiger partial charge in [-0.2, -0.15) is 0 Å². The van der Waals surface area contributed by atoms with Crippen molar-refractivity contribution >= 4 is 0 Å². The summed E-state index contributed by atoms with van der Waals surface area (Å²) in [5, 5.41) is 3.24. The van der Waals surface area contributed by atoms with E-state index in [4.69, 9.17) is 0 Å². The Kier molecular flexibility index (Phi) is 5.22. The van der Waals surface area contributed by atoms with E-state index in [9.17, 15) is 0 Å². The van der Waals surface area contributed by atoms with Crippen molar-refractivity contribution in [3.8, 4) is 0 Å². The molecule has 4 nitrogen and oxygen atoms in total. The molecule has 2 rings (SSSR count). The Balaban J connectivity index is 1.64. The molecular formula is C13H28N4. The molecule has 2 fully saturated rings. The van der Waals surface area contributed by atoms with Gasteiger partial charge in [0.05, 0.1) is 0 Å². The molecule has 0 bridgehead atoms. The quantitative estimate of drug-likeness (QED) is 0.753. The van der Waals surface area contributed by atoms with Crippen molar-refractivity contribution in [2.75, 3.05) is 66.6 Å². The van der Waals surface area contributed by atoms with Gasteiger partial charge < -0.3 is 15.1 Å². The van der Waals surface area contributed by atoms with Crippen LogP contribution < -0.4 is 5.32 Å². The largest absolute Gasteiger partial charge is 0.307 e. The molecule has 0 aromatic carbocycles. The van der Waals surface area contributed by atoms with Gasteiger partial charge >= 0.3 is 0 Å². The monoisotopic (exact) mass is 240 g/mol. The third-order valence-electron chi connectivity index (χ3n) is 4.20. The van der Waals surface area contributed by atoms with E-state index in [1.807, 2.05) is 7.05 Å². The molecular weight excluding hydrogens is 212 g/mol. The van der Waals surface area contributed by atoms with Crippen LogP contribution in [-0.2, 0) is 0 Å². The van der Waals surface area contributed by atoms with E-state index in [-0.39, 0.29) is 0 Å². The fourth-order valence-electron chi connectivity index (χ4n) is 2.96. The first-order valence-electron chi connectivity index (χ1n) is 7.06. The average molecular weight is 240 g/mol. The number of piperazine rings is 1. The summed E-state index contributed by atoms with van der Waals surface area (Å²) in [6, 6.07) is 0. The van der Waals surface area contributed by atoms with Gasteiger partial charge in [-0.25, -0.2) is 0 Å². The van der Waals surface area contributed by atoms with Crippen molar-refractivity contribution in [2.45, 2.75) is 12.8 Å². The van der Waals surface area contributed by atoms with Gasteiger partial charge in [0.1, 0.15) is 0 Å². The number of piperidine rings is 1. The van der Waals surface area contributed by atoms with Crippen LogP contribution in [0.25, 0.3) is 0 Å². The molecule has 0 saturated carbocycles. The smallest absolute Gasteiger partial charge is 0.0479 e. The Morgan fingerprint density at radius 1 is 0.941 bits per heavy atom. The van der Waals surface area contributed by atoms with Crippen molar-refractivity contribution in [1.82, 2.24) is 20.0 Å². The summed E-state index contributed by atoms with van der Waals surface area (Å²) < 4.78 is 0. The van der Waals surface area contributed by atoms with Crippen LogP contribution in [0.1, 0.15) is 12.8 Å². The minimum Gasteiger partial charge on any atom is -0.307 e. The van der Waals surface area contributed by atoms with Crippen molar-refractivity contribution in [2.24, 2.45) is 5.92 Å². The Morgan fingerprint density at radius 3 is 2.12 bits per heavy atom. The fourth-order valence-corrected chi connectivity index (χ4v) is 2.96. The van der Waals surface area contributed by atoms with Crippen molar-refractivity contribution < 1.29 is 0 Å². The summed E-state index contributed by atoms with van der Waals surface area (Å²) in [6.07, 6.45) is 2.79. The molecule has 2 aliphatic rings. The standard InChI is InChI=1S/C13H28N4/c1-14-12-17-9-7-16(8-10-17)11-13-3-5-15(2)6-4-13/h13-14H,3-12H2,1-2H3. The third-order valence-corrected chi connectivity index (χ3v) is 4.20. The Hall–Kier alpha value is -0.160. The number of hydrogen-bond acceptors (Lipinski definition) is 4. The molecule has 1 N–H and O–H groups in total. The topological polar surface area (TPSA) is 21.8 Å². The Bertz CT molecular complexity index is 205. The van der Waals surface area contributed by atoms with Gasteiger partial charge in [0.2, 0.25) is 0 Å². The molecule has 0 aromatic heterocycles. The van der Waals surface area contributed by atoms with Crippen LogP contribution >= 0.6 is 0 Å². The molecule has 100 valence electrons. The predicted molar refractivity (Wildman–Crippen MR) is 72.2 cm³/mol. The van der Waals surface area contributed by atoms with Gasteiger partial charge in [0.25, 0.3) is 0 Å². The maximum Gasteiger partial charge on any atom is 0.0479 e. The number of hydrogen-bond donors (Lipinski definition) is 1. The lowest BCUT2D eigenvalue weighted by Gasteiger charge is -2.38. The molecule has 0 spiro atoms. The zero-order valence-corrected chi connectivity index (χ0v) is 11.5. The van der Waals surface area contributed by atoms with Crippen molar-refractivity contribution in [3.05, 3.63) is 0 Å². The number of nitrogens with zero attached hydrogens (tertiary/aromatic N) is 3. The lowest BCUT2D eigenvalue weighted by molar-refractivity contribution is 0.0969. The summed E-state index contributed by atoms with van der Waals surface area (Å²) in [5.41, 5.74) is 0. The molecule has 0 aliphatic carbocycles. The van der Waals surface area contributed by atoms with E-state index in [2.05, 4.69) is 27.1 Å². The second kappa shape index (κ2) is 6.69. The second-order valence-corrected chi connectivity index (χ2v) is 5.68. The second-order valence-electron chi connectivity index (χ2n) is 5.68. The van der Waals surface area contributed by atoms with Crippen LogP contribution in [0.3, 0.4) is 0 Å². The first kappa shape index (κ1) is 13.3. The highest BCUT2D eigenvalue weighted by Crippen LogP contribution is 2.17. The highest BCUT2D eigenvalue weighted by atomic mass is 15.3. The van der Waals surface area contributed by atoms with E-state index in [0.717, 1.165) is 12.6 Å². The van der Waals surface area contributed by atoms with Crippen LogP contribution in [0.15, 0.2) is 0 Å². The van der Waals surface area contributed by atoms with E-state index < -0.39 is 0 Å². The molecule has 2 heterocycles. The minimum absolute atomic E-state index is 0.946. The van der Waals surface area contributed by atoms with E-state index in [1.165, 1.54) is 58.7 Å². The van der Waals surface area contributed by atoms with Crippen molar-refractivity contribution in [1.29, 1.82) is 0 Å². The summed E-state index contributed by atoms with van der Waals surface area (Å²) in [4.78, 5) is 7.63. The van der Waals surface area contributed by atoms with Crippen LogP contribution in [-0.4, -0.2) is 81.3 Å². The Morgan fingerprint density at radius 2 is 1.53 bits per heavy atom. The van der Waals surface area contributed by atoms with E-state index in [0.29, 0.717) is 0 Å². The minimum atomic E-state index is 0.946. The average Bonchev–Trinajstić information content (AvgIpc) is 2.35.